The van der Waals surface area contributed by atoms with Gasteiger partial charge in [0, 0.05) is 0 Å². The van der Waals surface area contributed by atoms with Gasteiger partial charge in [0.2, 0.25) is 0 Å². The molecule has 188 valence electrons. The molecule has 0 radical (unpaired) electrons. The molecule has 0 bridgehead atoms. The van der Waals surface area contributed by atoms with Crippen molar-refractivity contribution in [2.75, 3.05) is 33.7 Å². The minimum absolute atomic E-state index is 0.376. The fraction of sp³-hybridized carbons (Fsp3) is 0.276. The standard InChI is InChI=1S/C29H31O6P/c1-33-27(30)21-7-13-24(14-8-21)36(19-5-4-6-20-36,25-15-9-22(10-16-25)28(31)34-2)26-17-11-23(12-18-26)29(32)35-3/h7-18H,4-6,19-20H2,1-3H3. The number of methoxy groups -OCH3 is 3. The molecule has 0 spiro atoms. The van der Waals surface area contributed by atoms with Crippen molar-refractivity contribution in [2.45, 2.75) is 19.3 Å². The van der Waals surface area contributed by atoms with E-state index in [1.54, 1.807) is 0 Å². The van der Waals surface area contributed by atoms with Gasteiger partial charge >= 0.3 is 211 Å². The van der Waals surface area contributed by atoms with Crippen molar-refractivity contribution in [1.29, 1.82) is 0 Å². The number of esters is 3. The molecule has 0 saturated carbocycles. The summed E-state index contributed by atoms with van der Waals surface area (Å²) in [4.78, 5) is 36.5. The summed E-state index contributed by atoms with van der Waals surface area (Å²) >= 11 is 0. The predicted molar refractivity (Wildman–Crippen MR) is 143 cm³/mol. The quantitative estimate of drug-likeness (QED) is 0.285. The Morgan fingerprint density at radius 1 is 0.500 bits per heavy atom. The Kier molecular flexibility index (Phi) is 7.28. The van der Waals surface area contributed by atoms with Gasteiger partial charge in [-0.1, -0.05) is 0 Å². The molecule has 1 aliphatic heterocycles. The van der Waals surface area contributed by atoms with Crippen LogP contribution in [-0.4, -0.2) is 51.6 Å². The number of rotatable bonds is 6. The molecule has 3 aromatic rings. The molecule has 1 fully saturated rings. The van der Waals surface area contributed by atoms with Gasteiger partial charge in [-0.2, -0.15) is 0 Å². The third-order valence-electron chi connectivity index (χ3n) is 7.54. The number of carbonyl (C=O) groups excluding carboxylic acids is 3. The summed E-state index contributed by atoms with van der Waals surface area (Å²) in [5.74, 6) is -1.13. The van der Waals surface area contributed by atoms with Gasteiger partial charge in [-0.05, 0) is 0 Å². The van der Waals surface area contributed by atoms with E-state index < -0.39 is 6.60 Å². The summed E-state index contributed by atoms with van der Waals surface area (Å²) in [6, 6.07) is 23.3. The molecule has 0 atom stereocenters. The minimum atomic E-state index is -3.04. The normalized spacial score (nSPS) is 17.1. The second kappa shape index (κ2) is 10.2. The zero-order chi connectivity index (χ0) is 25.8. The van der Waals surface area contributed by atoms with Crippen LogP contribution in [-0.2, 0) is 14.2 Å². The third kappa shape index (κ3) is 4.10. The van der Waals surface area contributed by atoms with E-state index in [0.29, 0.717) is 16.7 Å². The van der Waals surface area contributed by atoms with Gasteiger partial charge in [-0.25, -0.2) is 0 Å². The fourth-order valence-electron chi connectivity index (χ4n) is 5.66. The Morgan fingerprint density at radius 2 is 0.778 bits per heavy atom. The molecular weight excluding hydrogens is 475 g/mol. The van der Waals surface area contributed by atoms with Gasteiger partial charge < -0.3 is 0 Å². The van der Waals surface area contributed by atoms with Crippen LogP contribution >= 0.6 is 6.60 Å². The van der Waals surface area contributed by atoms with E-state index in [9.17, 15) is 14.4 Å². The van der Waals surface area contributed by atoms with Crippen molar-refractivity contribution in [3.05, 3.63) is 89.5 Å². The van der Waals surface area contributed by atoms with Gasteiger partial charge in [0.25, 0.3) is 0 Å². The number of hydrogen-bond donors (Lipinski definition) is 0. The number of benzene rings is 3. The maximum absolute atomic E-state index is 12.2. The molecule has 3 aromatic carbocycles. The van der Waals surface area contributed by atoms with Crippen LogP contribution in [0.15, 0.2) is 72.8 Å². The van der Waals surface area contributed by atoms with Crippen molar-refractivity contribution in [2.24, 2.45) is 0 Å². The van der Waals surface area contributed by atoms with Gasteiger partial charge in [0.05, 0.1) is 0 Å². The van der Waals surface area contributed by atoms with Crippen LogP contribution in [0.1, 0.15) is 50.3 Å². The van der Waals surface area contributed by atoms with E-state index >= 15 is 0 Å². The Morgan fingerprint density at radius 3 is 1.03 bits per heavy atom. The molecule has 0 N–H and O–H groups in total. The summed E-state index contributed by atoms with van der Waals surface area (Å²) < 4.78 is 14.8. The molecule has 4 rings (SSSR count). The summed E-state index contributed by atoms with van der Waals surface area (Å²) in [5.41, 5.74) is 1.49. The fourth-order valence-corrected chi connectivity index (χ4v) is 12.8. The molecule has 36 heavy (non-hydrogen) atoms. The Balaban J connectivity index is 2.00. The van der Waals surface area contributed by atoms with Crippen molar-refractivity contribution >= 4 is 40.4 Å². The van der Waals surface area contributed by atoms with E-state index in [2.05, 4.69) is 36.4 Å². The molecule has 1 aliphatic rings. The molecule has 0 aromatic heterocycles. The molecule has 0 amide bonds. The van der Waals surface area contributed by atoms with Gasteiger partial charge in [0.1, 0.15) is 0 Å². The molecule has 7 heteroatoms. The number of ether oxygens (including phenoxy) is 3. The first-order valence-corrected chi connectivity index (χ1v) is 14.6. The SMILES string of the molecule is COC(=O)c1ccc(P2(c3ccc(C(=O)OC)cc3)(c3ccc(C(=O)OC)cc3)CCCCC2)cc1. The van der Waals surface area contributed by atoms with Crippen molar-refractivity contribution in [3.8, 4) is 0 Å². The Labute approximate surface area is 211 Å². The maximum atomic E-state index is 12.2. The Hall–Kier alpha value is -3.50. The topological polar surface area (TPSA) is 78.9 Å². The van der Waals surface area contributed by atoms with Gasteiger partial charge in [-0.15, -0.1) is 0 Å². The van der Waals surface area contributed by atoms with Crippen LogP contribution < -0.4 is 15.9 Å². The molecular formula is C29H31O6P. The van der Waals surface area contributed by atoms with Crippen molar-refractivity contribution in [3.63, 3.8) is 0 Å². The van der Waals surface area contributed by atoms with E-state index in [0.717, 1.165) is 31.6 Å². The van der Waals surface area contributed by atoms with Crippen LogP contribution in [0.25, 0.3) is 0 Å². The first-order chi connectivity index (χ1) is 17.4. The average Bonchev–Trinajstić information content (AvgIpc) is 2.96. The number of carbonyl (C=O) groups is 3. The van der Waals surface area contributed by atoms with Crippen LogP contribution in [0.5, 0.6) is 0 Å². The zero-order valence-corrected chi connectivity index (χ0v) is 21.8. The third-order valence-corrected chi connectivity index (χ3v) is 14.8. The first-order valence-electron chi connectivity index (χ1n) is 12.0. The zero-order valence-electron chi connectivity index (χ0n) is 20.9. The molecule has 0 unspecified atom stereocenters. The number of hydrogen-bond acceptors (Lipinski definition) is 6. The summed E-state index contributed by atoms with van der Waals surface area (Å²) in [6.07, 6.45) is 5.15. The summed E-state index contributed by atoms with van der Waals surface area (Å²) in [7, 11) is 4.13. The van der Waals surface area contributed by atoms with E-state index in [1.165, 1.54) is 37.2 Å². The second-order valence-electron chi connectivity index (χ2n) is 9.13. The van der Waals surface area contributed by atoms with Crippen LogP contribution in [0, 0.1) is 0 Å². The predicted octanol–water partition coefficient (Wildman–Crippen LogP) is 4.06. The van der Waals surface area contributed by atoms with Gasteiger partial charge in [-0.3, -0.25) is 0 Å². The van der Waals surface area contributed by atoms with Crippen LogP contribution in [0.3, 0.4) is 0 Å². The molecule has 1 heterocycles. The molecule has 0 aliphatic carbocycles. The van der Waals surface area contributed by atoms with E-state index in [-0.39, 0.29) is 17.9 Å². The van der Waals surface area contributed by atoms with Crippen LogP contribution in [0.4, 0.5) is 0 Å². The monoisotopic (exact) mass is 506 g/mol. The second-order valence-corrected chi connectivity index (χ2v) is 14.6. The van der Waals surface area contributed by atoms with Crippen molar-refractivity contribution in [1.82, 2.24) is 0 Å². The van der Waals surface area contributed by atoms with E-state index in [1.807, 2.05) is 36.4 Å². The first kappa shape index (κ1) is 25.6. The van der Waals surface area contributed by atoms with Gasteiger partial charge in [0.15, 0.2) is 0 Å². The molecule has 1 saturated heterocycles. The Bertz CT molecular complexity index is 1110. The average molecular weight is 507 g/mol. The molecule has 6 nitrogen and oxygen atoms in total. The van der Waals surface area contributed by atoms with Crippen LogP contribution in [0.2, 0.25) is 0 Å². The van der Waals surface area contributed by atoms with Crippen molar-refractivity contribution < 1.29 is 28.6 Å². The van der Waals surface area contributed by atoms with E-state index in [4.69, 9.17) is 14.2 Å². The summed E-state index contributed by atoms with van der Waals surface area (Å²) in [6.45, 7) is -3.04. The summed E-state index contributed by atoms with van der Waals surface area (Å²) in [5, 5.41) is 3.51.